The summed E-state index contributed by atoms with van der Waals surface area (Å²) in [7, 11) is 0. The van der Waals surface area contributed by atoms with Gasteiger partial charge in [0, 0.05) is 48.6 Å². The average Bonchev–Trinajstić information content (AvgIpc) is 2.48. The minimum Gasteiger partial charge on any atom is -0.404 e. The van der Waals surface area contributed by atoms with Gasteiger partial charge >= 0.3 is 0 Å². The third kappa shape index (κ3) is 5.13. The highest BCUT2D eigenvalue weighted by Crippen LogP contribution is 2.16. The van der Waals surface area contributed by atoms with Gasteiger partial charge in [-0.2, -0.15) is 0 Å². The molecule has 116 valence electrons. The lowest BCUT2D eigenvalue weighted by Crippen LogP contribution is -2.19. The molecule has 0 saturated heterocycles. The summed E-state index contributed by atoms with van der Waals surface area (Å²) in [4.78, 5) is 16.4. The van der Waals surface area contributed by atoms with Gasteiger partial charge < -0.3 is 15.4 Å². The molecule has 3 N–H and O–H groups in total. The molecule has 21 heavy (non-hydrogen) atoms. The molecule has 1 rings (SSSR count). The van der Waals surface area contributed by atoms with E-state index in [1.54, 1.807) is 13.1 Å². The van der Waals surface area contributed by atoms with Crippen LogP contribution < -0.4 is 11.2 Å². The van der Waals surface area contributed by atoms with Crippen molar-refractivity contribution in [3.63, 3.8) is 0 Å². The normalized spacial score (nSPS) is 13.8. The number of nitrogens with zero attached hydrogens (tertiary/aromatic N) is 2. The summed E-state index contributed by atoms with van der Waals surface area (Å²) in [5, 5.41) is 9.13. The zero-order chi connectivity index (χ0) is 15.8. The number of aryl methyl sites for hydroxylation is 1. The van der Waals surface area contributed by atoms with E-state index in [9.17, 15) is 4.79 Å². The Balaban J connectivity index is 3.06. The number of aromatic nitrogens is 1. The number of halogens is 1. The van der Waals surface area contributed by atoms with Crippen molar-refractivity contribution in [2.75, 3.05) is 6.61 Å². The molecule has 1 aromatic rings. The number of aliphatic imine (C=N–C) groups is 1. The third-order valence-electron chi connectivity index (χ3n) is 3.29. The second kappa shape index (κ2) is 8.79. The Morgan fingerprint density at radius 2 is 2.29 bits per heavy atom. The fourth-order valence-corrected chi connectivity index (χ4v) is 2.27. The van der Waals surface area contributed by atoms with Crippen molar-refractivity contribution in [2.24, 2.45) is 10.7 Å². The van der Waals surface area contributed by atoms with Crippen molar-refractivity contribution >= 4 is 22.1 Å². The Hall–Kier alpha value is -1.40. The molecule has 0 amide bonds. The topological polar surface area (TPSA) is 80.6 Å². The van der Waals surface area contributed by atoms with Crippen LogP contribution in [0.3, 0.4) is 0 Å². The molecular formula is C15H22BrN3O2. The lowest BCUT2D eigenvalue weighted by molar-refractivity contribution is 0.254. The van der Waals surface area contributed by atoms with E-state index in [1.165, 1.54) is 6.20 Å². The van der Waals surface area contributed by atoms with Crippen LogP contribution in [0, 0.1) is 6.92 Å². The molecule has 1 atom stereocenters. The van der Waals surface area contributed by atoms with E-state index in [1.807, 2.05) is 17.0 Å². The summed E-state index contributed by atoms with van der Waals surface area (Å²) in [6.07, 6.45) is 8.21. The number of rotatable bonds is 7. The van der Waals surface area contributed by atoms with E-state index in [-0.39, 0.29) is 18.1 Å². The van der Waals surface area contributed by atoms with Crippen molar-refractivity contribution in [1.29, 1.82) is 0 Å². The van der Waals surface area contributed by atoms with E-state index in [4.69, 9.17) is 10.8 Å². The van der Waals surface area contributed by atoms with Gasteiger partial charge in [0.25, 0.3) is 0 Å². The summed E-state index contributed by atoms with van der Waals surface area (Å²) in [6, 6.07) is 0.188. The maximum atomic E-state index is 12.1. The SMILES string of the molecule is CCC(CCO)n1cc(C)c(=O)c(CN=C/C(Br)=C\N)c1. The van der Waals surface area contributed by atoms with Crippen LogP contribution in [0.4, 0.5) is 0 Å². The predicted molar refractivity (Wildman–Crippen MR) is 89.9 cm³/mol. The molecule has 0 aliphatic carbocycles. The summed E-state index contributed by atoms with van der Waals surface area (Å²) in [6.45, 7) is 4.30. The van der Waals surface area contributed by atoms with E-state index in [0.29, 0.717) is 28.6 Å². The van der Waals surface area contributed by atoms with Gasteiger partial charge in [-0.25, -0.2) is 0 Å². The smallest absolute Gasteiger partial charge is 0.189 e. The Morgan fingerprint density at radius 1 is 1.57 bits per heavy atom. The van der Waals surface area contributed by atoms with Gasteiger partial charge in [0.2, 0.25) is 0 Å². The molecule has 0 fully saturated rings. The fraction of sp³-hybridized carbons (Fsp3) is 0.467. The van der Waals surface area contributed by atoms with Crippen LogP contribution in [-0.2, 0) is 6.54 Å². The van der Waals surface area contributed by atoms with Crippen molar-refractivity contribution in [2.45, 2.75) is 39.3 Å². The molecule has 0 spiro atoms. The number of allylic oxidation sites excluding steroid dienone is 1. The van der Waals surface area contributed by atoms with Crippen molar-refractivity contribution in [3.05, 3.63) is 44.4 Å². The largest absolute Gasteiger partial charge is 0.404 e. The Labute approximate surface area is 133 Å². The maximum absolute atomic E-state index is 12.1. The van der Waals surface area contributed by atoms with Crippen LogP contribution in [0.2, 0.25) is 0 Å². The van der Waals surface area contributed by atoms with Crippen LogP contribution in [-0.4, -0.2) is 22.5 Å². The molecule has 0 aliphatic rings. The summed E-state index contributed by atoms with van der Waals surface area (Å²) in [5.41, 5.74) is 6.67. The minimum absolute atomic E-state index is 0.00935. The highest BCUT2D eigenvalue weighted by atomic mass is 79.9. The molecule has 1 aromatic heterocycles. The number of nitrogens with two attached hydrogens (primary N) is 1. The van der Waals surface area contributed by atoms with Gasteiger partial charge in [-0.05, 0) is 35.7 Å². The standard InChI is InChI=1S/C15H22BrN3O2/c1-3-14(4-5-20)19-9-11(2)15(21)12(10-19)7-18-8-13(16)6-17/h6,8-10,14,20H,3-5,7,17H2,1-2H3/b13-6+,18-8?. The second-order valence-corrected chi connectivity index (χ2v) is 5.75. The van der Waals surface area contributed by atoms with Crippen LogP contribution >= 0.6 is 15.9 Å². The number of pyridine rings is 1. The summed E-state index contributed by atoms with van der Waals surface area (Å²) >= 11 is 3.23. The number of aliphatic hydroxyl groups is 1. The first-order valence-electron chi connectivity index (χ1n) is 6.92. The van der Waals surface area contributed by atoms with Gasteiger partial charge in [-0.1, -0.05) is 6.92 Å². The molecule has 0 saturated carbocycles. The molecular weight excluding hydrogens is 334 g/mol. The monoisotopic (exact) mass is 355 g/mol. The Bertz CT molecular complexity index is 579. The molecule has 0 bridgehead atoms. The molecule has 0 aromatic carbocycles. The fourth-order valence-electron chi connectivity index (χ4n) is 2.12. The molecule has 0 radical (unpaired) electrons. The molecule has 5 nitrogen and oxygen atoms in total. The van der Waals surface area contributed by atoms with Gasteiger partial charge in [-0.3, -0.25) is 9.79 Å². The molecule has 1 unspecified atom stereocenters. The Morgan fingerprint density at radius 3 is 2.86 bits per heavy atom. The second-order valence-electron chi connectivity index (χ2n) is 4.84. The minimum atomic E-state index is 0.00935. The van der Waals surface area contributed by atoms with Crippen molar-refractivity contribution < 1.29 is 5.11 Å². The van der Waals surface area contributed by atoms with Crippen molar-refractivity contribution in [1.82, 2.24) is 4.57 Å². The maximum Gasteiger partial charge on any atom is 0.189 e. The first kappa shape index (κ1) is 17.7. The Kier molecular flexibility index (Phi) is 7.39. The van der Waals surface area contributed by atoms with E-state index < -0.39 is 0 Å². The molecule has 0 aliphatic heterocycles. The highest BCUT2D eigenvalue weighted by Gasteiger charge is 2.10. The van der Waals surface area contributed by atoms with Crippen LogP contribution in [0.1, 0.15) is 36.9 Å². The van der Waals surface area contributed by atoms with Gasteiger partial charge in [0.15, 0.2) is 5.43 Å². The van der Waals surface area contributed by atoms with Crippen LogP contribution in [0.25, 0.3) is 0 Å². The van der Waals surface area contributed by atoms with Gasteiger partial charge in [0.05, 0.1) is 11.0 Å². The van der Waals surface area contributed by atoms with Crippen molar-refractivity contribution in [3.8, 4) is 0 Å². The summed E-state index contributed by atoms with van der Waals surface area (Å²) in [5.74, 6) is 0. The van der Waals surface area contributed by atoms with E-state index in [0.717, 1.165) is 6.42 Å². The zero-order valence-corrected chi connectivity index (χ0v) is 14.0. The third-order valence-corrected chi connectivity index (χ3v) is 3.76. The van der Waals surface area contributed by atoms with Crippen LogP contribution in [0.5, 0.6) is 0 Å². The zero-order valence-electron chi connectivity index (χ0n) is 12.4. The first-order chi connectivity index (χ1) is 10.0. The lowest BCUT2D eigenvalue weighted by atomic mass is 10.1. The lowest BCUT2D eigenvalue weighted by Gasteiger charge is -2.19. The summed E-state index contributed by atoms with van der Waals surface area (Å²) < 4.78 is 2.67. The average molecular weight is 356 g/mol. The predicted octanol–water partition coefficient (Wildman–Crippen LogP) is 2.26. The van der Waals surface area contributed by atoms with E-state index in [2.05, 4.69) is 27.8 Å². The number of hydrogen-bond acceptors (Lipinski definition) is 4. The number of aliphatic hydroxyl groups excluding tert-OH is 1. The molecule has 6 heteroatoms. The highest BCUT2D eigenvalue weighted by molar-refractivity contribution is 9.12. The molecule has 1 heterocycles. The van der Waals surface area contributed by atoms with Gasteiger partial charge in [0.1, 0.15) is 0 Å². The van der Waals surface area contributed by atoms with Gasteiger partial charge in [-0.15, -0.1) is 0 Å². The van der Waals surface area contributed by atoms with E-state index >= 15 is 0 Å². The van der Waals surface area contributed by atoms with Crippen LogP contribution in [0.15, 0.2) is 32.9 Å². The number of hydrogen-bond donors (Lipinski definition) is 2. The first-order valence-corrected chi connectivity index (χ1v) is 7.72. The quantitative estimate of drug-likeness (QED) is 0.736.